The van der Waals surface area contributed by atoms with Crippen LogP contribution in [0.4, 0.5) is 10.1 Å². The Morgan fingerprint density at radius 3 is 2.60 bits per heavy atom. The summed E-state index contributed by atoms with van der Waals surface area (Å²) in [5, 5.41) is 2.77. The second-order valence-electron chi connectivity index (χ2n) is 6.55. The van der Waals surface area contributed by atoms with Crippen molar-refractivity contribution in [2.75, 3.05) is 11.4 Å². The zero-order chi connectivity index (χ0) is 18.0. The summed E-state index contributed by atoms with van der Waals surface area (Å²) in [7, 11) is 0. The number of anilines is 1. The molecule has 0 aromatic heterocycles. The van der Waals surface area contributed by atoms with Gasteiger partial charge in [0.2, 0.25) is 11.8 Å². The highest BCUT2D eigenvalue weighted by atomic mass is 19.1. The summed E-state index contributed by atoms with van der Waals surface area (Å²) in [5.74, 6) is -0.743. The van der Waals surface area contributed by atoms with Crippen molar-refractivity contribution in [2.45, 2.75) is 32.7 Å². The van der Waals surface area contributed by atoms with Crippen molar-refractivity contribution in [1.82, 2.24) is 5.32 Å². The zero-order valence-electron chi connectivity index (χ0n) is 14.4. The van der Waals surface area contributed by atoms with Gasteiger partial charge in [-0.05, 0) is 61.2 Å². The number of hydrogen-bond acceptors (Lipinski definition) is 2. The Labute approximate surface area is 146 Å². The SMILES string of the molecule is Cc1cc(C)cc(N2CC[C@H](NC(=O)Cc3cccc(F)c3)C2=O)c1. The van der Waals surface area contributed by atoms with Crippen LogP contribution in [0.1, 0.15) is 23.1 Å². The molecule has 130 valence electrons. The smallest absolute Gasteiger partial charge is 0.249 e. The minimum atomic E-state index is -0.526. The fraction of sp³-hybridized carbons (Fsp3) is 0.300. The van der Waals surface area contributed by atoms with Crippen molar-refractivity contribution in [1.29, 1.82) is 0 Å². The van der Waals surface area contributed by atoms with Crippen LogP contribution in [-0.2, 0) is 16.0 Å². The van der Waals surface area contributed by atoms with E-state index in [-0.39, 0.29) is 24.1 Å². The van der Waals surface area contributed by atoms with Crippen molar-refractivity contribution < 1.29 is 14.0 Å². The molecular weight excluding hydrogens is 319 g/mol. The number of aryl methyl sites for hydroxylation is 2. The van der Waals surface area contributed by atoms with E-state index in [1.165, 1.54) is 12.1 Å². The van der Waals surface area contributed by atoms with Gasteiger partial charge in [0.15, 0.2) is 0 Å². The average molecular weight is 340 g/mol. The summed E-state index contributed by atoms with van der Waals surface area (Å²) in [6.07, 6.45) is 0.631. The lowest BCUT2D eigenvalue weighted by atomic mass is 10.1. The van der Waals surface area contributed by atoms with Gasteiger partial charge in [0.1, 0.15) is 11.9 Å². The number of halogens is 1. The predicted molar refractivity (Wildman–Crippen MR) is 94.9 cm³/mol. The molecule has 0 bridgehead atoms. The molecule has 2 aromatic rings. The van der Waals surface area contributed by atoms with Crippen LogP contribution in [0, 0.1) is 19.7 Å². The minimum Gasteiger partial charge on any atom is -0.344 e. The number of benzene rings is 2. The van der Waals surface area contributed by atoms with Gasteiger partial charge in [-0.25, -0.2) is 4.39 Å². The van der Waals surface area contributed by atoms with E-state index in [9.17, 15) is 14.0 Å². The van der Waals surface area contributed by atoms with Gasteiger partial charge in [0, 0.05) is 12.2 Å². The normalized spacial score (nSPS) is 17.0. The summed E-state index contributed by atoms with van der Waals surface area (Å²) in [4.78, 5) is 26.5. The summed E-state index contributed by atoms with van der Waals surface area (Å²) < 4.78 is 13.2. The zero-order valence-corrected chi connectivity index (χ0v) is 14.4. The minimum absolute atomic E-state index is 0.0606. The van der Waals surface area contributed by atoms with Gasteiger partial charge in [-0.2, -0.15) is 0 Å². The largest absolute Gasteiger partial charge is 0.344 e. The van der Waals surface area contributed by atoms with Crippen LogP contribution >= 0.6 is 0 Å². The summed E-state index contributed by atoms with van der Waals surface area (Å²) >= 11 is 0. The third kappa shape index (κ3) is 4.05. The van der Waals surface area contributed by atoms with Crippen LogP contribution in [0.3, 0.4) is 0 Å². The highest BCUT2D eigenvalue weighted by Gasteiger charge is 2.33. The maximum Gasteiger partial charge on any atom is 0.249 e. The lowest BCUT2D eigenvalue weighted by molar-refractivity contribution is -0.126. The Bertz CT molecular complexity index is 799. The Morgan fingerprint density at radius 1 is 1.20 bits per heavy atom. The van der Waals surface area contributed by atoms with E-state index in [1.807, 2.05) is 26.0 Å². The average Bonchev–Trinajstić information content (AvgIpc) is 2.87. The van der Waals surface area contributed by atoms with Crippen molar-refractivity contribution in [3.63, 3.8) is 0 Å². The Hall–Kier alpha value is -2.69. The molecule has 1 aliphatic heterocycles. The third-order valence-electron chi connectivity index (χ3n) is 4.31. The van der Waals surface area contributed by atoms with Crippen LogP contribution in [-0.4, -0.2) is 24.4 Å². The molecule has 0 aliphatic carbocycles. The van der Waals surface area contributed by atoms with E-state index in [0.717, 1.165) is 16.8 Å². The van der Waals surface area contributed by atoms with Gasteiger partial charge >= 0.3 is 0 Å². The maximum atomic E-state index is 13.2. The molecule has 0 spiro atoms. The highest BCUT2D eigenvalue weighted by molar-refractivity contribution is 6.01. The van der Waals surface area contributed by atoms with Crippen molar-refractivity contribution in [2.24, 2.45) is 0 Å². The first-order chi connectivity index (χ1) is 11.9. The maximum absolute atomic E-state index is 13.2. The van der Waals surface area contributed by atoms with Crippen LogP contribution in [0.15, 0.2) is 42.5 Å². The molecule has 2 aromatic carbocycles. The number of nitrogens with one attached hydrogen (secondary N) is 1. The van der Waals surface area contributed by atoms with Gasteiger partial charge in [0.05, 0.1) is 6.42 Å². The summed E-state index contributed by atoms with van der Waals surface area (Å²) in [6, 6.07) is 11.4. The van der Waals surface area contributed by atoms with Crippen LogP contribution < -0.4 is 10.2 Å². The van der Waals surface area contributed by atoms with E-state index in [0.29, 0.717) is 18.5 Å². The third-order valence-corrected chi connectivity index (χ3v) is 4.31. The second kappa shape index (κ2) is 7.05. The number of rotatable bonds is 4. The topological polar surface area (TPSA) is 49.4 Å². The monoisotopic (exact) mass is 340 g/mol. The standard InChI is InChI=1S/C20H21FN2O2/c1-13-8-14(2)10-17(9-13)23-7-6-18(20(23)25)22-19(24)12-15-4-3-5-16(21)11-15/h3-5,8-11,18H,6-7,12H2,1-2H3,(H,22,24)/t18-/m0/s1. The number of nitrogens with zero attached hydrogens (tertiary/aromatic N) is 1. The fourth-order valence-corrected chi connectivity index (χ4v) is 3.25. The molecule has 1 saturated heterocycles. The van der Waals surface area contributed by atoms with Gasteiger partial charge in [-0.15, -0.1) is 0 Å². The van der Waals surface area contributed by atoms with Gasteiger partial charge in [-0.3, -0.25) is 9.59 Å². The molecule has 1 fully saturated rings. The van der Waals surface area contributed by atoms with E-state index >= 15 is 0 Å². The van der Waals surface area contributed by atoms with Gasteiger partial charge in [0.25, 0.3) is 0 Å². The van der Waals surface area contributed by atoms with E-state index < -0.39 is 6.04 Å². The number of carbonyl (C=O) groups is 2. The predicted octanol–water partition coefficient (Wildman–Crippen LogP) is 2.91. The Morgan fingerprint density at radius 2 is 1.92 bits per heavy atom. The van der Waals surface area contributed by atoms with Crippen molar-refractivity contribution in [3.8, 4) is 0 Å². The van der Waals surface area contributed by atoms with Gasteiger partial charge in [-0.1, -0.05) is 18.2 Å². The molecular formula is C20H21FN2O2. The Balaban J connectivity index is 1.64. The molecule has 1 N–H and O–H groups in total. The molecule has 25 heavy (non-hydrogen) atoms. The molecule has 3 rings (SSSR count). The number of carbonyl (C=O) groups excluding carboxylic acids is 2. The van der Waals surface area contributed by atoms with Crippen LogP contribution in [0.25, 0.3) is 0 Å². The first kappa shape index (κ1) is 17.1. The van der Waals surface area contributed by atoms with E-state index in [1.54, 1.807) is 17.0 Å². The molecule has 0 unspecified atom stereocenters. The molecule has 0 saturated carbocycles. The summed E-state index contributed by atoms with van der Waals surface area (Å²) in [6.45, 7) is 4.57. The van der Waals surface area contributed by atoms with Gasteiger partial charge < -0.3 is 10.2 Å². The number of amides is 2. The van der Waals surface area contributed by atoms with E-state index in [2.05, 4.69) is 11.4 Å². The highest BCUT2D eigenvalue weighted by Crippen LogP contribution is 2.24. The molecule has 5 heteroatoms. The van der Waals surface area contributed by atoms with Crippen molar-refractivity contribution in [3.05, 3.63) is 65.0 Å². The number of hydrogen-bond donors (Lipinski definition) is 1. The fourth-order valence-electron chi connectivity index (χ4n) is 3.25. The van der Waals surface area contributed by atoms with Crippen molar-refractivity contribution >= 4 is 17.5 Å². The lowest BCUT2D eigenvalue weighted by Crippen LogP contribution is -2.42. The molecule has 2 amide bonds. The van der Waals surface area contributed by atoms with Crippen LogP contribution in [0.5, 0.6) is 0 Å². The quantitative estimate of drug-likeness (QED) is 0.930. The second-order valence-corrected chi connectivity index (χ2v) is 6.55. The molecule has 1 heterocycles. The summed E-state index contributed by atoms with van der Waals surface area (Å²) in [5.41, 5.74) is 3.65. The molecule has 1 aliphatic rings. The Kier molecular flexibility index (Phi) is 4.83. The van der Waals surface area contributed by atoms with E-state index in [4.69, 9.17) is 0 Å². The first-order valence-electron chi connectivity index (χ1n) is 8.36. The van der Waals surface area contributed by atoms with Crippen LogP contribution in [0.2, 0.25) is 0 Å². The molecule has 4 nitrogen and oxygen atoms in total. The lowest BCUT2D eigenvalue weighted by Gasteiger charge is -2.18. The first-order valence-corrected chi connectivity index (χ1v) is 8.36. The molecule has 1 atom stereocenters. The molecule has 0 radical (unpaired) electrons.